The van der Waals surface area contributed by atoms with Crippen molar-refractivity contribution in [2.75, 3.05) is 0 Å². The molecule has 3 heterocycles. The van der Waals surface area contributed by atoms with Crippen LogP contribution in [0.1, 0.15) is 29.7 Å². The summed E-state index contributed by atoms with van der Waals surface area (Å²) < 4.78 is 42.7. The van der Waals surface area contributed by atoms with E-state index in [4.69, 9.17) is 18.2 Å². The van der Waals surface area contributed by atoms with Gasteiger partial charge in [0.25, 0.3) is 5.56 Å². The number of rotatable bonds is 5. The van der Waals surface area contributed by atoms with Crippen molar-refractivity contribution in [3.63, 3.8) is 0 Å². The van der Waals surface area contributed by atoms with Gasteiger partial charge in [-0.2, -0.15) is 13.2 Å². The molecule has 11 heteroatoms. The molecule has 0 unspecified atom stereocenters. The average molecular weight is 549 g/mol. The smallest absolute Gasteiger partial charge is 0.267 e. The summed E-state index contributed by atoms with van der Waals surface area (Å²) in [4.78, 5) is 21.5. The van der Waals surface area contributed by atoms with Gasteiger partial charge in [0, 0.05) is 22.7 Å². The van der Waals surface area contributed by atoms with Crippen molar-refractivity contribution >= 4 is 22.9 Å². The Hall–Kier alpha value is -4.49. The fraction of sp³-hybridized carbons (Fsp3) is 0.179. The Bertz CT molecular complexity index is 1800. The predicted molar refractivity (Wildman–Crippen MR) is 142 cm³/mol. The van der Waals surface area contributed by atoms with Crippen molar-refractivity contribution in [1.29, 1.82) is 0 Å². The first-order valence-electron chi connectivity index (χ1n) is 11.9. The molecule has 0 N–H and O–H groups in total. The van der Waals surface area contributed by atoms with E-state index in [1.807, 2.05) is 6.92 Å². The van der Waals surface area contributed by atoms with Gasteiger partial charge in [-0.1, -0.05) is 61.0 Å². The molecule has 0 spiro atoms. The van der Waals surface area contributed by atoms with E-state index >= 15 is 0 Å². The molecule has 0 bridgehead atoms. The highest BCUT2D eigenvalue weighted by Gasteiger charge is 2.33. The van der Waals surface area contributed by atoms with E-state index in [0.717, 1.165) is 6.07 Å². The van der Waals surface area contributed by atoms with Crippen molar-refractivity contribution in [3.8, 4) is 22.3 Å². The monoisotopic (exact) mass is 548 g/mol. The molecule has 0 aliphatic rings. The van der Waals surface area contributed by atoms with Gasteiger partial charge >= 0.3 is 6.18 Å². The third-order valence-corrected chi connectivity index (χ3v) is 6.66. The summed E-state index contributed by atoms with van der Waals surface area (Å²) in [5.41, 5.74) is 2.07. The van der Waals surface area contributed by atoms with E-state index in [9.17, 15) is 18.0 Å². The number of hydrogen-bond donors (Lipinski definition) is 0. The maximum Gasteiger partial charge on any atom is 0.433 e. The minimum atomic E-state index is -4.58. The molecule has 0 saturated heterocycles. The second-order valence-electron chi connectivity index (χ2n) is 8.82. The molecule has 0 aliphatic heterocycles. The molecule has 2 aromatic carbocycles. The van der Waals surface area contributed by atoms with E-state index in [2.05, 4.69) is 20.0 Å². The quantitative estimate of drug-likeness (QED) is 0.227. The summed E-state index contributed by atoms with van der Waals surface area (Å²) in [5, 5.41) is 9.26. The first-order chi connectivity index (χ1) is 18.6. The SMILES string of the molecule is [C-]#[N+]c1ccc(-c2c(-c3ccc(Cl)cc3)c3nnc(CC)n3n(Cc3ccc(C(F)(F)F)nc3C)c2=O)cc1. The lowest BCUT2D eigenvalue weighted by Gasteiger charge is -2.18. The van der Waals surface area contributed by atoms with Gasteiger partial charge in [0.2, 0.25) is 0 Å². The van der Waals surface area contributed by atoms with Gasteiger partial charge in [0.1, 0.15) is 5.69 Å². The first kappa shape index (κ1) is 26.1. The summed E-state index contributed by atoms with van der Waals surface area (Å²) in [5.74, 6) is 0.504. The number of halogens is 4. The zero-order chi connectivity index (χ0) is 27.9. The summed E-state index contributed by atoms with van der Waals surface area (Å²) in [6, 6.07) is 15.8. The minimum absolute atomic E-state index is 0.0641. The lowest BCUT2D eigenvalue weighted by atomic mass is 9.96. The normalized spacial score (nSPS) is 11.6. The van der Waals surface area contributed by atoms with Crippen LogP contribution in [-0.4, -0.2) is 24.4 Å². The molecule has 0 saturated carbocycles. The van der Waals surface area contributed by atoms with E-state index in [-0.39, 0.29) is 12.2 Å². The van der Waals surface area contributed by atoms with Crippen LogP contribution in [0, 0.1) is 13.5 Å². The van der Waals surface area contributed by atoms with Gasteiger partial charge in [-0.05, 0) is 41.8 Å². The van der Waals surface area contributed by atoms with E-state index < -0.39 is 17.4 Å². The molecule has 0 aliphatic carbocycles. The highest BCUT2D eigenvalue weighted by Crippen LogP contribution is 2.35. The highest BCUT2D eigenvalue weighted by atomic mass is 35.5. The molecule has 5 aromatic rings. The molecule has 196 valence electrons. The molecule has 0 atom stereocenters. The summed E-state index contributed by atoms with van der Waals surface area (Å²) in [7, 11) is 0. The fourth-order valence-electron chi connectivity index (χ4n) is 4.46. The number of fused-ring (bicyclic) bond motifs is 1. The first-order valence-corrected chi connectivity index (χ1v) is 12.3. The van der Waals surface area contributed by atoms with Crippen LogP contribution in [-0.2, 0) is 19.1 Å². The number of benzene rings is 2. The van der Waals surface area contributed by atoms with Gasteiger partial charge in [0.15, 0.2) is 17.2 Å². The molecular formula is C28H20ClF3N6O. The number of aromatic nitrogens is 5. The van der Waals surface area contributed by atoms with Crippen LogP contribution in [0.3, 0.4) is 0 Å². The number of nitrogens with zero attached hydrogens (tertiary/aromatic N) is 6. The van der Waals surface area contributed by atoms with Crippen molar-refractivity contribution in [1.82, 2.24) is 24.4 Å². The molecule has 0 radical (unpaired) electrons. The van der Waals surface area contributed by atoms with E-state index in [1.165, 1.54) is 17.7 Å². The summed E-state index contributed by atoms with van der Waals surface area (Å²) in [6.45, 7) is 10.6. The average Bonchev–Trinajstić information content (AvgIpc) is 3.34. The molecule has 5 rings (SSSR count). The van der Waals surface area contributed by atoms with Crippen LogP contribution in [0.2, 0.25) is 5.02 Å². The maximum atomic E-state index is 14.3. The van der Waals surface area contributed by atoms with Crippen LogP contribution in [0.15, 0.2) is 65.5 Å². The molecule has 3 aromatic heterocycles. The van der Waals surface area contributed by atoms with Crippen LogP contribution in [0.5, 0.6) is 0 Å². The van der Waals surface area contributed by atoms with Gasteiger partial charge in [-0.15, -0.1) is 10.2 Å². The van der Waals surface area contributed by atoms with Gasteiger partial charge in [0.05, 0.1) is 18.7 Å². The molecule has 7 nitrogen and oxygen atoms in total. The molecule has 0 amide bonds. The fourth-order valence-corrected chi connectivity index (χ4v) is 4.59. The van der Waals surface area contributed by atoms with E-state index in [1.54, 1.807) is 53.0 Å². The molecule has 39 heavy (non-hydrogen) atoms. The lowest BCUT2D eigenvalue weighted by Crippen LogP contribution is -2.30. The van der Waals surface area contributed by atoms with Gasteiger partial charge < -0.3 is 0 Å². The third kappa shape index (κ3) is 4.77. The van der Waals surface area contributed by atoms with Crippen molar-refractivity contribution < 1.29 is 13.2 Å². The van der Waals surface area contributed by atoms with Crippen LogP contribution in [0.25, 0.3) is 32.7 Å². The number of hydrogen-bond acceptors (Lipinski definition) is 4. The number of alkyl halides is 3. The molecule has 0 fully saturated rings. The number of aryl methyl sites for hydroxylation is 2. The Labute approximate surface area is 225 Å². The third-order valence-electron chi connectivity index (χ3n) is 6.41. The van der Waals surface area contributed by atoms with Crippen LogP contribution >= 0.6 is 11.6 Å². The zero-order valence-electron chi connectivity index (χ0n) is 20.8. The second-order valence-corrected chi connectivity index (χ2v) is 9.26. The zero-order valence-corrected chi connectivity index (χ0v) is 21.5. The van der Waals surface area contributed by atoms with Crippen molar-refractivity contribution in [3.05, 3.63) is 110 Å². The summed E-state index contributed by atoms with van der Waals surface area (Å²) in [6.07, 6.45) is -4.13. The van der Waals surface area contributed by atoms with Crippen LogP contribution in [0.4, 0.5) is 18.9 Å². The number of pyridine rings is 1. The molecular weight excluding hydrogens is 529 g/mol. The summed E-state index contributed by atoms with van der Waals surface area (Å²) >= 11 is 6.13. The van der Waals surface area contributed by atoms with Crippen molar-refractivity contribution in [2.24, 2.45) is 0 Å². The Morgan fingerprint density at radius 1 is 0.949 bits per heavy atom. The standard InChI is InChI=1S/C28H20ClF3N6O/c1-4-23-35-36-26-24(17-5-10-20(29)11-6-17)25(18-7-12-21(33-3)13-8-18)27(39)37(38(23)26)15-19-9-14-22(28(30,31)32)34-16(19)2/h5-14H,4,15H2,1-2H3. The van der Waals surface area contributed by atoms with Crippen molar-refractivity contribution in [2.45, 2.75) is 33.0 Å². The van der Waals surface area contributed by atoms with Crippen LogP contribution < -0.4 is 5.56 Å². The second kappa shape index (κ2) is 10.0. The predicted octanol–water partition coefficient (Wildman–Crippen LogP) is 6.76. The minimum Gasteiger partial charge on any atom is -0.267 e. The highest BCUT2D eigenvalue weighted by molar-refractivity contribution is 6.30. The largest absolute Gasteiger partial charge is 0.433 e. The Kier molecular flexibility index (Phi) is 6.70. The Morgan fingerprint density at radius 2 is 1.59 bits per heavy atom. The lowest BCUT2D eigenvalue weighted by molar-refractivity contribution is -0.141. The van der Waals surface area contributed by atoms with Gasteiger partial charge in [-0.3, -0.25) is 4.79 Å². The Balaban J connectivity index is 1.83. The van der Waals surface area contributed by atoms with E-state index in [0.29, 0.717) is 56.4 Å². The maximum absolute atomic E-state index is 14.3. The van der Waals surface area contributed by atoms with Gasteiger partial charge in [-0.25, -0.2) is 19.0 Å². The Morgan fingerprint density at radius 3 is 2.18 bits per heavy atom. The topological polar surface area (TPSA) is 69.4 Å².